The Labute approximate surface area is 154 Å². The molecule has 1 amide bonds. The largest absolute Gasteiger partial charge is 0.479 e. The van der Waals surface area contributed by atoms with Crippen LogP contribution < -0.4 is 22.5 Å². The highest BCUT2D eigenvalue weighted by atomic mass is 16.5. The molecule has 0 aromatic carbocycles. The maximum atomic E-state index is 12.3. The lowest BCUT2D eigenvalue weighted by atomic mass is 9.92. The second kappa shape index (κ2) is 8.72. The van der Waals surface area contributed by atoms with Crippen molar-refractivity contribution >= 4 is 11.9 Å². The molecule has 0 radical (unpaired) electrons. The van der Waals surface area contributed by atoms with E-state index in [0.29, 0.717) is 0 Å². The summed E-state index contributed by atoms with van der Waals surface area (Å²) in [7, 11) is 0. The molecule has 6 unspecified atom stereocenters. The number of hydrogen-bond donors (Lipinski definition) is 9. The number of ether oxygens (including phenoxy) is 2. The van der Waals surface area contributed by atoms with Gasteiger partial charge in [0.05, 0.1) is 18.2 Å². The molecule has 0 aromatic heterocycles. The van der Waals surface area contributed by atoms with E-state index < -0.39 is 72.8 Å². The van der Waals surface area contributed by atoms with Crippen LogP contribution in [0.25, 0.3) is 0 Å². The van der Waals surface area contributed by atoms with Gasteiger partial charge in [-0.25, -0.2) is 4.79 Å². The third kappa shape index (κ3) is 4.37. The fourth-order valence-corrected chi connectivity index (χ4v) is 3.10. The van der Waals surface area contributed by atoms with Crippen LogP contribution in [-0.2, 0) is 19.1 Å². The van der Waals surface area contributed by atoms with Crippen LogP contribution in [0.5, 0.6) is 0 Å². The first-order chi connectivity index (χ1) is 12.6. The minimum absolute atomic E-state index is 0.163. The van der Waals surface area contributed by atoms with E-state index in [1.807, 2.05) is 0 Å². The van der Waals surface area contributed by atoms with Crippen molar-refractivity contribution in [1.82, 2.24) is 5.32 Å². The first kappa shape index (κ1) is 21.9. The van der Waals surface area contributed by atoms with E-state index in [-0.39, 0.29) is 13.1 Å². The minimum Gasteiger partial charge on any atom is -0.479 e. The number of aliphatic hydroxyl groups excluding tert-OH is 4. The Bertz CT molecular complexity index is 551. The summed E-state index contributed by atoms with van der Waals surface area (Å²) in [5.74, 6) is -2.22. The number of carbonyl (C=O) groups is 2. The molecular formula is C14H26N4O9. The van der Waals surface area contributed by atoms with Crippen molar-refractivity contribution in [2.75, 3.05) is 13.1 Å². The fourth-order valence-electron chi connectivity index (χ4n) is 3.10. The summed E-state index contributed by atoms with van der Waals surface area (Å²) in [5, 5.41) is 51.0. The van der Waals surface area contributed by atoms with E-state index in [1.54, 1.807) is 0 Å². The standard InChI is InChI=1S/C14H26N4O9/c15-1-3-7(19)9(21)5(16)11(26-3)13(23)18-2-4-8(20)10(22)6(17)12(27-4)14(24)25/h3-12,19-22H,1-2,15-17H2,(H,18,23)(H,24,25)/t3?,4?,5?,6?,7-,8-,9?,10?,11-,12-/m1/s1. The lowest BCUT2D eigenvalue weighted by Gasteiger charge is -2.41. The summed E-state index contributed by atoms with van der Waals surface area (Å²) in [4.78, 5) is 23.5. The highest BCUT2D eigenvalue weighted by Crippen LogP contribution is 2.21. The van der Waals surface area contributed by atoms with Crippen LogP contribution in [-0.4, -0.2) is 111 Å². The van der Waals surface area contributed by atoms with Crippen molar-refractivity contribution < 1.29 is 44.6 Å². The molecule has 0 saturated carbocycles. The Balaban J connectivity index is 2.00. The zero-order valence-electron chi connectivity index (χ0n) is 14.3. The van der Waals surface area contributed by atoms with Gasteiger partial charge in [-0.3, -0.25) is 4.79 Å². The topological polar surface area (TPSA) is 244 Å². The molecule has 0 spiro atoms. The normalized spacial score (nSPS) is 45.3. The molecule has 0 bridgehead atoms. The van der Waals surface area contributed by atoms with Gasteiger partial charge in [0, 0.05) is 13.1 Å². The van der Waals surface area contributed by atoms with Crippen LogP contribution in [0.2, 0.25) is 0 Å². The lowest BCUT2D eigenvalue weighted by Crippen LogP contribution is -2.67. The Morgan fingerprint density at radius 2 is 1.33 bits per heavy atom. The van der Waals surface area contributed by atoms with Crippen LogP contribution in [0.1, 0.15) is 0 Å². The van der Waals surface area contributed by atoms with E-state index in [0.717, 1.165) is 0 Å². The van der Waals surface area contributed by atoms with Crippen LogP contribution in [0.3, 0.4) is 0 Å². The number of nitrogens with two attached hydrogens (primary N) is 3. The molecule has 12 N–H and O–H groups in total. The van der Waals surface area contributed by atoms with Crippen molar-refractivity contribution in [3.05, 3.63) is 0 Å². The third-order valence-corrected chi connectivity index (χ3v) is 4.80. The lowest BCUT2D eigenvalue weighted by molar-refractivity contribution is -0.196. The zero-order chi connectivity index (χ0) is 20.5. The molecule has 0 aromatic rings. The predicted octanol–water partition coefficient (Wildman–Crippen LogP) is -6.22. The monoisotopic (exact) mass is 394 g/mol. The second-order valence-corrected chi connectivity index (χ2v) is 6.63. The van der Waals surface area contributed by atoms with Crippen molar-refractivity contribution in [2.24, 2.45) is 17.2 Å². The van der Waals surface area contributed by atoms with Crippen LogP contribution in [0.4, 0.5) is 0 Å². The molecule has 2 fully saturated rings. The molecule has 2 heterocycles. The maximum absolute atomic E-state index is 12.3. The molecule has 10 atom stereocenters. The molecular weight excluding hydrogens is 368 g/mol. The van der Waals surface area contributed by atoms with Gasteiger partial charge in [-0.2, -0.15) is 0 Å². The number of hydrogen-bond acceptors (Lipinski definition) is 11. The minimum atomic E-state index is -1.58. The average Bonchev–Trinajstić information content (AvgIpc) is 2.63. The van der Waals surface area contributed by atoms with Gasteiger partial charge >= 0.3 is 5.97 Å². The van der Waals surface area contributed by atoms with E-state index in [2.05, 4.69) is 5.32 Å². The highest BCUT2D eigenvalue weighted by molar-refractivity contribution is 5.82. The molecule has 13 nitrogen and oxygen atoms in total. The summed E-state index contributed by atoms with van der Waals surface area (Å²) in [6.07, 6.45) is -11.1. The summed E-state index contributed by atoms with van der Waals surface area (Å²) in [5.41, 5.74) is 16.7. The Morgan fingerprint density at radius 3 is 1.85 bits per heavy atom. The van der Waals surface area contributed by atoms with Gasteiger partial charge < -0.3 is 57.5 Å². The summed E-state index contributed by atoms with van der Waals surface area (Å²) < 4.78 is 10.5. The quantitative estimate of drug-likeness (QED) is 0.211. The predicted molar refractivity (Wildman–Crippen MR) is 87.0 cm³/mol. The first-order valence-corrected chi connectivity index (χ1v) is 8.35. The molecule has 27 heavy (non-hydrogen) atoms. The third-order valence-electron chi connectivity index (χ3n) is 4.80. The van der Waals surface area contributed by atoms with Crippen LogP contribution >= 0.6 is 0 Å². The van der Waals surface area contributed by atoms with Gasteiger partial charge in [-0.1, -0.05) is 0 Å². The van der Waals surface area contributed by atoms with Crippen LogP contribution in [0.15, 0.2) is 0 Å². The molecule has 2 aliphatic heterocycles. The molecule has 2 rings (SSSR count). The number of aliphatic hydroxyl groups is 4. The Morgan fingerprint density at radius 1 is 0.852 bits per heavy atom. The number of rotatable bonds is 5. The van der Waals surface area contributed by atoms with E-state index >= 15 is 0 Å². The first-order valence-electron chi connectivity index (χ1n) is 8.35. The van der Waals surface area contributed by atoms with Crippen molar-refractivity contribution in [2.45, 2.75) is 60.9 Å². The van der Waals surface area contributed by atoms with E-state index in [9.17, 15) is 30.0 Å². The fraction of sp³-hybridized carbons (Fsp3) is 0.857. The average molecular weight is 394 g/mol. The van der Waals surface area contributed by atoms with Gasteiger partial charge in [0.15, 0.2) is 12.2 Å². The van der Waals surface area contributed by atoms with Gasteiger partial charge in [-0.05, 0) is 0 Å². The number of carbonyl (C=O) groups excluding carboxylic acids is 1. The number of carboxylic acids is 1. The molecule has 0 aliphatic carbocycles. The zero-order valence-corrected chi connectivity index (χ0v) is 14.3. The van der Waals surface area contributed by atoms with Gasteiger partial charge in [0.2, 0.25) is 0 Å². The van der Waals surface area contributed by atoms with Crippen LogP contribution in [0, 0.1) is 0 Å². The van der Waals surface area contributed by atoms with Gasteiger partial charge in [0.1, 0.15) is 30.5 Å². The molecule has 156 valence electrons. The Kier molecular flexibility index (Phi) is 7.07. The summed E-state index contributed by atoms with van der Waals surface area (Å²) in [6, 6.07) is -2.59. The highest BCUT2D eigenvalue weighted by Gasteiger charge is 2.47. The summed E-state index contributed by atoms with van der Waals surface area (Å²) in [6.45, 7) is -0.546. The summed E-state index contributed by atoms with van der Waals surface area (Å²) >= 11 is 0. The molecule has 2 saturated heterocycles. The van der Waals surface area contributed by atoms with Gasteiger partial charge in [-0.15, -0.1) is 0 Å². The van der Waals surface area contributed by atoms with E-state index in [4.69, 9.17) is 31.8 Å². The van der Waals surface area contributed by atoms with Gasteiger partial charge in [0.25, 0.3) is 5.91 Å². The van der Waals surface area contributed by atoms with E-state index in [1.165, 1.54) is 0 Å². The van der Waals surface area contributed by atoms with Crippen molar-refractivity contribution in [3.63, 3.8) is 0 Å². The van der Waals surface area contributed by atoms with Crippen molar-refractivity contribution in [1.29, 1.82) is 0 Å². The maximum Gasteiger partial charge on any atom is 0.334 e. The second-order valence-electron chi connectivity index (χ2n) is 6.63. The Hall–Kier alpha value is -1.42. The number of nitrogens with one attached hydrogen (secondary N) is 1. The number of carboxylic acid groups (broad SMARTS) is 1. The van der Waals surface area contributed by atoms with Crippen molar-refractivity contribution in [3.8, 4) is 0 Å². The smallest absolute Gasteiger partial charge is 0.334 e. The molecule has 2 aliphatic rings. The number of aliphatic carboxylic acids is 1. The number of amides is 1. The molecule has 13 heteroatoms. The SMILES string of the molecule is NCC1O[C@@H](C(=O)NCC2O[C@@H](C(=O)O)C(N)C(O)[C@@H]2O)C(N)C(O)[C@@H]1O.